The molecule has 0 radical (unpaired) electrons. The molecule has 0 spiro atoms. The first kappa shape index (κ1) is 19.6. The number of rotatable bonds is 7. The molecule has 0 fully saturated rings. The third-order valence-electron chi connectivity index (χ3n) is 3.29. The Balaban J connectivity index is 2.18. The summed E-state index contributed by atoms with van der Waals surface area (Å²) < 4.78 is 23.5. The maximum atomic E-state index is 13.9. The van der Waals surface area contributed by atoms with Crippen molar-refractivity contribution in [1.82, 2.24) is 5.32 Å². The molecule has 1 N–H and O–H groups in total. The number of halogens is 1. The number of nitrogens with one attached hydrogen (secondary N) is 1. The van der Waals surface area contributed by atoms with Gasteiger partial charge in [0.25, 0.3) is 5.91 Å². The Morgan fingerprint density at radius 3 is 2.23 bits per heavy atom. The van der Waals surface area contributed by atoms with Crippen molar-refractivity contribution in [3.8, 4) is 10.4 Å². The van der Waals surface area contributed by atoms with Gasteiger partial charge in [-0.25, -0.2) is 14.0 Å². The zero-order chi connectivity index (χ0) is 19.1. The molecule has 0 bridgehead atoms. The topological polar surface area (TPSA) is 81.7 Å². The summed E-state index contributed by atoms with van der Waals surface area (Å²) in [6, 6.07) is 7.73. The number of benzene rings is 1. The van der Waals surface area contributed by atoms with E-state index in [0.717, 1.165) is 11.3 Å². The van der Waals surface area contributed by atoms with Crippen molar-refractivity contribution >= 4 is 29.2 Å². The number of esters is 2. The van der Waals surface area contributed by atoms with Crippen LogP contribution in [0.15, 0.2) is 36.4 Å². The van der Waals surface area contributed by atoms with E-state index in [1.54, 1.807) is 38.1 Å². The van der Waals surface area contributed by atoms with Crippen LogP contribution < -0.4 is 5.32 Å². The summed E-state index contributed by atoms with van der Waals surface area (Å²) in [6.45, 7) is 3.28. The minimum atomic E-state index is -1.55. The summed E-state index contributed by atoms with van der Waals surface area (Å²) in [6.07, 6.45) is 0. The Hall–Kier alpha value is -2.74. The monoisotopic (exact) mass is 379 g/mol. The second-order valence-electron chi connectivity index (χ2n) is 5.05. The smallest absolute Gasteiger partial charge is 0.340 e. The van der Waals surface area contributed by atoms with Crippen LogP contribution in [0.4, 0.5) is 4.39 Å². The number of ether oxygens (including phenoxy) is 2. The molecule has 0 saturated heterocycles. The molecule has 0 atom stereocenters. The SMILES string of the molecule is CCOC(=O)C(NC(=O)c1ccc(-c2ccccc2F)s1)C(=O)OCC. The van der Waals surface area contributed by atoms with Crippen molar-refractivity contribution in [3.05, 3.63) is 47.1 Å². The lowest BCUT2D eigenvalue weighted by Gasteiger charge is -2.15. The van der Waals surface area contributed by atoms with Gasteiger partial charge in [-0.1, -0.05) is 18.2 Å². The summed E-state index contributed by atoms with van der Waals surface area (Å²) >= 11 is 1.04. The largest absolute Gasteiger partial charge is 0.464 e. The van der Waals surface area contributed by atoms with Gasteiger partial charge in [-0.3, -0.25) is 4.79 Å². The second-order valence-corrected chi connectivity index (χ2v) is 6.14. The van der Waals surface area contributed by atoms with Crippen molar-refractivity contribution < 1.29 is 28.2 Å². The van der Waals surface area contributed by atoms with Crippen LogP contribution in [0.3, 0.4) is 0 Å². The fraction of sp³-hybridized carbons (Fsp3) is 0.278. The average molecular weight is 379 g/mol. The van der Waals surface area contributed by atoms with Crippen LogP contribution in [-0.4, -0.2) is 37.1 Å². The molecule has 1 aromatic heterocycles. The molecular formula is C18H18FNO5S. The standard InChI is InChI=1S/C18H18FNO5S/c1-3-24-17(22)15(18(23)25-4-2)20-16(21)14-10-9-13(26-14)11-7-5-6-8-12(11)19/h5-10,15H,3-4H2,1-2H3,(H,20,21). The molecule has 0 aliphatic heterocycles. The molecule has 8 heteroatoms. The van der Waals surface area contributed by atoms with Crippen LogP contribution in [0.5, 0.6) is 0 Å². The van der Waals surface area contributed by atoms with Gasteiger partial charge in [0.15, 0.2) is 0 Å². The summed E-state index contributed by atoms with van der Waals surface area (Å²) in [5.41, 5.74) is 0.365. The van der Waals surface area contributed by atoms with Gasteiger partial charge >= 0.3 is 11.9 Å². The van der Waals surface area contributed by atoms with E-state index in [0.29, 0.717) is 10.4 Å². The third-order valence-corrected chi connectivity index (χ3v) is 4.41. The lowest BCUT2D eigenvalue weighted by molar-refractivity contribution is -0.157. The van der Waals surface area contributed by atoms with Crippen molar-refractivity contribution in [2.75, 3.05) is 13.2 Å². The zero-order valence-electron chi connectivity index (χ0n) is 14.3. The summed E-state index contributed by atoms with van der Waals surface area (Å²) in [5.74, 6) is -2.85. The first-order chi connectivity index (χ1) is 12.5. The molecule has 0 aliphatic rings. The number of thiophene rings is 1. The number of carbonyl (C=O) groups excluding carboxylic acids is 3. The van der Waals surface area contributed by atoms with Crippen molar-refractivity contribution in [2.45, 2.75) is 19.9 Å². The molecule has 0 aliphatic carbocycles. The van der Waals surface area contributed by atoms with E-state index in [9.17, 15) is 18.8 Å². The van der Waals surface area contributed by atoms with Gasteiger partial charge in [0, 0.05) is 10.4 Å². The quantitative estimate of drug-likeness (QED) is 0.591. The van der Waals surface area contributed by atoms with Crippen LogP contribution in [0.1, 0.15) is 23.5 Å². The molecular weight excluding hydrogens is 361 g/mol. The van der Waals surface area contributed by atoms with Gasteiger partial charge < -0.3 is 14.8 Å². The van der Waals surface area contributed by atoms with Gasteiger partial charge in [-0.2, -0.15) is 0 Å². The Morgan fingerprint density at radius 2 is 1.65 bits per heavy atom. The Labute approximate surface area is 153 Å². The fourth-order valence-electron chi connectivity index (χ4n) is 2.13. The van der Waals surface area contributed by atoms with Gasteiger partial charge in [0.1, 0.15) is 5.82 Å². The molecule has 2 aromatic rings. The van der Waals surface area contributed by atoms with Crippen LogP contribution in [0, 0.1) is 5.82 Å². The van der Waals surface area contributed by atoms with E-state index in [1.807, 2.05) is 0 Å². The molecule has 26 heavy (non-hydrogen) atoms. The van der Waals surface area contributed by atoms with Crippen LogP contribution in [0.2, 0.25) is 0 Å². The minimum absolute atomic E-state index is 0.0566. The number of carbonyl (C=O) groups is 3. The first-order valence-corrected chi connectivity index (χ1v) is 8.78. The van der Waals surface area contributed by atoms with Crippen molar-refractivity contribution in [3.63, 3.8) is 0 Å². The highest BCUT2D eigenvalue weighted by atomic mass is 32.1. The molecule has 1 aromatic carbocycles. The average Bonchev–Trinajstić information content (AvgIpc) is 3.10. The zero-order valence-corrected chi connectivity index (χ0v) is 15.1. The van der Waals surface area contributed by atoms with E-state index >= 15 is 0 Å². The molecule has 1 heterocycles. The van der Waals surface area contributed by atoms with Crippen molar-refractivity contribution in [1.29, 1.82) is 0 Å². The predicted octanol–water partition coefficient (Wildman–Crippen LogP) is 2.78. The van der Waals surface area contributed by atoms with Crippen LogP contribution in [-0.2, 0) is 19.1 Å². The predicted molar refractivity (Wildman–Crippen MR) is 94.2 cm³/mol. The van der Waals surface area contributed by atoms with E-state index < -0.39 is 29.7 Å². The minimum Gasteiger partial charge on any atom is -0.464 e. The summed E-state index contributed by atoms with van der Waals surface area (Å²) in [5, 5.41) is 2.31. The molecule has 6 nitrogen and oxygen atoms in total. The number of hydrogen-bond donors (Lipinski definition) is 1. The lowest BCUT2D eigenvalue weighted by atomic mass is 10.2. The number of hydrogen-bond acceptors (Lipinski definition) is 6. The van der Waals surface area contributed by atoms with Gasteiger partial charge in [-0.05, 0) is 32.0 Å². The van der Waals surface area contributed by atoms with Gasteiger partial charge in [0.05, 0.1) is 18.1 Å². The molecule has 138 valence electrons. The lowest BCUT2D eigenvalue weighted by Crippen LogP contribution is -2.48. The van der Waals surface area contributed by atoms with E-state index in [-0.39, 0.29) is 18.1 Å². The summed E-state index contributed by atoms with van der Waals surface area (Å²) in [4.78, 5) is 37.0. The van der Waals surface area contributed by atoms with E-state index in [2.05, 4.69) is 5.32 Å². The van der Waals surface area contributed by atoms with Crippen molar-refractivity contribution in [2.24, 2.45) is 0 Å². The van der Waals surface area contributed by atoms with E-state index in [1.165, 1.54) is 12.1 Å². The maximum Gasteiger partial charge on any atom is 0.340 e. The highest BCUT2D eigenvalue weighted by molar-refractivity contribution is 7.17. The Kier molecular flexibility index (Phi) is 6.85. The molecule has 0 saturated carbocycles. The molecule has 2 rings (SSSR count). The number of amides is 1. The highest BCUT2D eigenvalue weighted by Crippen LogP contribution is 2.30. The van der Waals surface area contributed by atoms with Gasteiger partial charge in [-0.15, -0.1) is 11.3 Å². The van der Waals surface area contributed by atoms with E-state index in [4.69, 9.17) is 9.47 Å². The highest BCUT2D eigenvalue weighted by Gasteiger charge is 2.32. The maximum absolute atomic E-state index is 13.9. The Bertz CT molecular complexity index is 786. The molecule has 1 amide bonds. The fourth-order valence-corrected chi connectivity index (χ4v) is 3.07. The Morgan fingerprint density at radius 1 is 1.04 bits per heavy atom. The summed E-state index contributed by atoms with van der Waals surface area (Å²) in [7, 11) is 0. The third kappa shape index (κ3) is 4.66. The second kappa shape index (κ2) is 9.10. The van der Waals surface area contributed by atoms with Gasteiger partial charge in [0.2, 0.25) is 6.04 Å². The normalized spacial score (nSPS) is 10.5. The molecule has 0 unspecified atom stereocenters. The van der Waals surface area contributed by atoms with Crippen LogP contribution >= 0.6 is 11.3 Å². The van der Waals surface area contributed by atoms with Crippen LogP contribution in [0.25, 0.3) is 10.4 Å². The first-order valence-electron chi connectivity index (χ1n) is 7.96.